The molecule has 0 radical (unpaired) electrons. The number of nitrogens with one attached hydrogen (secondary N) is 2. The number of thioether (sulfide) groups is 1. The molecule has 166 valence electrons. The molecule has 4 unspecified atom stereocenters. The molecule has 1 heterocycles. The Morgan fingerprint density at radius 1 is 1.21 bits per heavy atom. The van der Waals surface area contributed by atoms with Crippen LogP contribution in [0.4, 0.5) is 0 Å². The van der Waals surface area contributed by atoms with Crippen LogP contribution in [-0.4, -0.2) is 88.1 Å². The molecule has 1 aliphatic rings. The van der Waals surface area contributed by atoms with Crippen molar-refractivity contribution in [2.24, 2.45) is 11.7 Å². The van der Waals surface area contributed by atoms with Crippen molar-refractivity contribution in [3.8, 4) is 0 Å². The number of hydrogen-bond acceptors (Lipinski definition) is 7. The van der Waals surface area contributed by atoms with E-state index in [-0.39, 0.29) is 5.92 Å². The predicted octanol–water partition coefficient (Wildman–Crippen LogP) is -1.24. The van der Waals surface area contributed by atoms with Gasteiger partial charge in [-0.25, -0.2) is 4.79 Å². The summed E-state index contributed by atoms with van der Waals surface area (Å²) in [6, 6.07) is -3.88. The number of nitrogens with zero attached hydrogens (tertiary/aromatic N) is 1. The molecule has 0 aromatic heterocycles. The number of nitrogens with two attached hydrogens (primary N) is 1. The predicted molar refractivity (Wildman–Crippen MR) is 109 cm³/mol. The Hall–Kier alpha value is -1.85. The van der Waals surface area contributed by atoms with Crippen molar-refractivity contribution in [1.29, 1.82) is 0 Å². The molecule has 0 saturated carbocycles. The van der Waals surface area contributed by atoms with E-state index in [9.17, 15) is 24.3 Å². The first-order valence-corrected chi connectivity index (χ1v) is 11.0. The van der Waals surface area contributed by atoms with Gasteiger partial charge in [0.05, 0.1) is 6.61 Å². The first-order chi connectivity index (χ1) is 13.6. The maximum atomic E-state index is 13.0. The minimum Gasteiger partial charge on any atom is -0.480 e. The van der Waals surface area contributed by atoms with Gasteiger partial charge in [-0.3, -0.25) is 14.4 Å². The topological polar surface area (TPSA) is 162 Å². The molecule has 4 atom stereocenters. The second-order valence-corrected chi connectivity index (χ2v) is 8.38. The van der Waals surface area contributed by atoms with Crippen molar-refractivity contribution in [3.05, 3.63) is 0 Å². The van der Waals surface area contributed by atoms with Gasteiger partial charge in [0.25, 0.3) is 0 Å². The molecule has 1 saturated heterocycles. The third-order valence-corrected chi connectivity index (χ3v) is 5.47. The van der Waals surface area contributed by atoms with Gasteiger partial charge in [0.15, 0.2) is 0 Å². The number of carbonyl (C=O) groups is 4. The fourth-order valence-electron chi connectivity index (χ4n) is 3.12. The lowest BCUT2D eigenvalue weighted by molar-refractivity contribution is -0.149. The van der Waals surface area contributed by atoms with E-state index in [1.165, 1.54) is 16.7 Å². The van der Waals surface area contributed by atoms with Crippen LogP contribution in [0.5, 0.6) is 0 Å². The van der Waals surface area contributed by atoms with Gasteiger partial charge < -0.3 is 31.5 Å². The summed E-state index contributed by atoms with van der Waals surface area (Å²) in [7, 11) is 0. The van der Waals surface area contributed by atoms with Crippen molar-refractivity contribution in [2.75, 3.05) is 25.2 Å². The Kier molecular flexibility index (Phi) is 10.4. The van der Waals surface area contributed by atoms with Crippen molar-refractivity contribution >= 4 is 35.5 Å². The van der Waals surface area contributed by atoms with Gasteiger partial charge in [0.2, 0.25) is 17.7 Å². The van der Waals surface area contributed by atoms with Crippen LogP contribution in [0, 0.1) is 5.92 Å². The summed E-state index contributed by atoms with van der Waals surface area (Å²) in [6.07, 6.45) is 3.18. The first kappa shape index (κ1) is 25.2. The maximum absolute atomic E-state index is 13.0. The lowest BCUT2D eigenvalue weighted by atomic mass is 10.0. The Morgan fingerprint density at radius 3 is 2.38 bits per heavy atom. The monoisotopic (exact) mass is 432 g/mol. The fourth-order valence-corrected chi connectivity index (χ4v) is 3.59. The summed E-state index contributed by atoms with van der Waals surface area (Å²) in [5.41, 5.74) is 5.49. The van der Waals surface area contributed by atoms with E-state index in [4.69, 9.17) is 10.8 Å². The number of aliphatic carboxylic acids is 1. The van der Waals surface area contributed by atoms with Crippen LogP contribution < -0.4 is 16.4 Å². The third-order valence-electron chi connectivity index (χ3n) is 4.83. The van der Waals surface area contributed by atoms with E-state index in [1.807, 2.05) is 6.26 Å². The summed E-state index contributed by atoms with van der Waals surface area (Å²) >= 11 is 1.50. The van der Waals surface area contributed by atoms with Gasteiger partial charge >= 0.3 is 5.97 Å². The normalized spacial score (nSPS) is 19.5. The number of aliphatic hydroxyl groups is 1. The van der Waals surface area contributed by atoms with Crippen LogP contribution in [0.3, 0.4) is 0 Å². The van der Waals surface area contributed by atoms with E-state index in [1.54, 1.807) is 13.8 Å². The van der Waals surface area contributed by atoms with Crippen molar-refractivity contribution < 1.29 is 29.4 Å². The van der Waals surface area contributed by atoms with Gasteiger partial charge in [-0.15, -0.1) is 0 Å². The van der Waals surface area contributed by atoms with E-state index < -0.39 is 54.5 Å². The highest BCUT2D eigenvalue weighted by Crippen LogP contribution is 2.20. The number of carboxylic acid groups (broad SMARTS) is 1. The van der Waals surface area contributed by atoms with Gasteiger partial charge in [-0.05, 0) is 37.2 Å². The van der Waals surface area contributed by atoms with Crippen LogP contribution in [-0.2, 0) is 19.2 Å². The van der Waals surface area contributed by atoms with Gasteiger partial charge in [0, 0.05) is 6.54 Å². The largest absolute Gasteiger partial charge is 0.480 e. The van der Waals surface area contributed by atoms with E-state index in [0.717, 1.165) is 0 Å². The van der Waals surface area contributed by atoms with Crippen LogP contribution in [0.25, 0.3) is 0 Å². The van der Waals surface area contributed by atoms with Crippen LogP contribution >= 0.6 is 11.8 Å². The number of amides is 3. The molecule has 3 amide bonds. The summed E-state index contributed by atoms with van der Waals surface area (Å²) in [4.78, 5) is 50.5. The SMILES string of the molecule is CSCCC(NC(=O)C(NC(=O)C(N)CO)C(C)C)C(=O)N1CCCC1C(=O)O. The standard InChI is InChI=1S/C18H32N4O6S/c1-10(2)14(21-15(24)11(19)9-23)16(25)20-12(6-8-29-3)17(26)22-7-4-5-13(22)18(27)28/h10-14,23H,4-9,19H2,1-3H3,(H,20,25)(H,21,24)(H,27,28). The molecule has 0 spiro atoms. The fraction of sp³-hybridized carbons (Fsp3) is 0.778. The molecule has 0 bridgehead atoms. The zero-order valence-electron chi connectivity index (χ0n) is 17.1. The zero-order chi connectivity index (χ0) is 22.1. The average Bonchev–Trinajstić information content (AvgIpc) is 3.17. The first-order valence-electron chi connectivity index (χ1n) is 9.63. The van der Waals surface area contributed by atoms with Crippen LogP contribution in [0.15, 0.2) is 0 Å². The molecule has 11 heteroatoms. The molecule has 0 aromatic rings. The number of hydrogen-bond donors (Lipinski definition) is 5. The summed E-state index contributed by atoms with van der Waals surface area (Å²) in [5.74, 6) is -2.41. The van der Waals surface area contributed by atoms with Crippen LogP contribution in [0.1, 0.15) is 33.1 Å². The second kappa shape index (κ2) is 12.0. The molecule has 10 nitrogen and oxygen atoms in total. The molecule has 0 aromatic carbocycles. The number of carbonyl (C=O) groups excluding carboxylic acids is 3. The van der Waals surface area contributed by atoms with Crippen molar-refractivity contribution in [2.45, 2.75) is 57.3 Å². The minimum atomic E-state index is -1.15. The molecule has 1 rings (SSSR count). The average molecular weight is 433 g/mol. The Labute approximate surface area is 174 Å². The molecule has 0 aliphatic carbocycles. The Morgan fingerprint density at radius 2 is 1.86 bits per heavy atom. The van der Waals surface area contributed by atoms with Crippen molar-refractivity contribution in [1.82, 2.24) is 15.5 Å². The number of likely N-dealkylation sites (tertiary alicyclic amines) is 1. The molecular weight excluding hydrogens is 400 g/mol. The highest BCUT2D eigenvalue weighted by molar-refractivity contribution is 7.98. The number of rotatable bonds is 11. The van der Waals surface area contributed by atoms with Gasteiger partial charge in [-0.1, -0.05) is 13.8 Å². The molecule has 6 N–H and O–H groups in total. The lowest BCUT2D eigenvalue weighted by Crippen LogP contribution is -2.58. The van der Waals surface area contributed by atoms with E-state index in [2.05, 4.69) is 10.6 Å². The number of aliphatic hydroxyl groups excluding tert-OH is 1. The van der Waals surface area contributed by atoms with E-state index in [0.29, 0.717) is 31.6 Å². The lowest BCUT2D eigenvalue weighted by Gasteiger charge is -2.29. The summed E-state index contributed by atoms with van der Waals surface area (Å²) in [5, 5.41) is 23.5. The summed E-state index contributed by atoms with van der Waals surface area (Å²) in [6.45, 7) is 3.24. The zero-order valence-corrected chi connectivity index (χ0v) is 17.9. The minimum absolute atomic E-state index is 0.292. The number of carboxylic acids is 1. The highest BCUT2D eigenvalue weighted by Gasteiger charge is 2.38. The highest BCUT2D eigenvalue weighted by atomic mass is 32.2. The van der Waals surface area contributed by atoms with E-state index >= 15 is 0 Å². The second-order valence-electron chi connectivity index (χ2n) is 7.39. The Balaban J connectivity index is 2.93. The molecular formula is C18H32N4O6S. The van der Waals surface area contributed by atoms with Crippen molar-refractivity contribution in [3.63, 3.8) is 0 Å². The molecule has 29 heavy (non-hydrogen) atoms. The maximum Gasteiger partial charge on any atom is 0.326 e. The Bertz CT molecular complexity index is 603. The summed E-state index contributed by atoms with van der Waals surface area (Å²) < 4.78 is 0. The smallest absolute Gasteiger partial charge is 0.326 e. The third kappa shape index (κ3) is 7.16. The molecule has 1 aliphatic heterocycles. The van der Waals surface area contributed by atoms with Gasteiger partial charge in [0.1, 0.15) is 24.2 Å². The quantitative estimate of drug-likeness (QED) is 0.271. The van der Waals surface area contributed by atoms with Gasteiger partial charge in [-0.2, -0.15) is 11.8 Å². The van der Waals surface area contributed by atoms with Crippen LogP contribution in [0.2, 0.25) is 0 Å². The molecule has 1 fully saturated rings.